The van der Waals surface area contributed by atoms with E-state index in [9.17, 15) is 0 Å². The molecule has 8 nitrogen and oxygen atoms in total. The zero-order chi connectivity index (χ0) is 29.3. The summed E-state index contributed by atoms with van der Waals surface area (Å²) in [6.45, 7) is 18.4. The summed E-state index contributed by atoms with van der Waals surface area (Å²) in [6, 6.07) is 0. The van der Waals surface area contributed by atoms with Crippen molar-refractivity contribution >= 4 is 13.7 Å². The highest BCUT2D eigenvalue weighted by atomic mass is 31.2. The third-order valence-electron chi connectivity index (χ3n) is 8.15. The van der Waals surface area contributed by atoms with Crippen LogP contribution in [0.3, 0.4) is 0 Å². The van der Waals surface area contributed by atoms with E-state index >= 15 is 4.57 Å². The summed E-state index contributed by atoms with van der Waals surface area (Å²) in [7, 11) is -3.90. The number of hydrogen-bond donors (Lipinski definition) is 0. The second kappa shape index (κ2) is 18.8. The monoisotopic (exact) mass is 587 g/mol. The molecule has 0 spiro atoms. The van der Waals surface area contributed by atoms with Crippen LogP contribution in [0.4, 0.5) is 0 Å². The van der Waals surface area contributed by atoms with Crippen LogP contribution in [-0.4, -0.2) is 79.6 Å². The molecule has 2 saturated heterocycles. The Morgan fingerprint density at radius 1 is 0.650 bits per heavy atom. The van der Waals surface area contributed by atoms with Crippen LogP contribution in [0.15, 0.2) is 4.76 Å². The fraction of sp³-hybridized carbons (Fsp3) is 0.968. The van der Waals surface area contributed by atoms with E-state index in [-0.39, 0.29) is 0 Å². The van der Waals surface area contributed by atoms with Crippen LogP contribution in [0.25, 0.3) is 0 Å². The number of nitrogens with zero attached hydrogens (tertiary/aromatic N) is 3. The van der Waals surface area contributed by atoms with Gasteiger partial charge in [-0.3, -0.25) is 9.05 Å². The van der Waals surface area contributed by atoms with Crippen LogP contribution in [0.5, 0.6) is 0 Å². The molecular formula is C31H62N3O5P. The lowest BCUT2D eigenvalue weighted by Crippen LogP contribution is -2.52. The Morgan fingerprint density at radius 2 is 1.05 bits per heavy atom. The molecular weight excluding hydrogens is 525 g/mol. The molecule has 0 N–H and O–H groups in total. The standard InChI is InChI=1S/C31H62N3O5P/c1-7-11-13-15-19-31(6,20-16-14-12-8-2)39-40(35,38-30(5,17-9-3)18-10-4)32-29(33-21-25-36-26-22-33)34-23-27-37-28-24-34/h7-28H2,1-6H3. The van der Waals surface area contributed by atoms with E-state index in [1.165, 1.54) is 25.7 Å². The molecule has 236 valence electrons. The molecule has 2 aliphatic heterocycles. The average Bonchev–Trinajstić information content (AvgIpc) is 2.93. The van der Waals surface area contributed by atoms with E-state index in [1.54, 1.807) is 0 Å². The van der Waals surface area contributed by atoms with Gasteiger partial charge in [-0.1, -0.05) is 91.9 Å². The van der Waals surface area contributed by atoms with Gasteiger partial charge < -0.3 is 19.3 Å². The summed E-state index contributed by atoms with van der Waals surface area (Å²) in [5.41, 5.74) is -1.12. The SMILES string of the molecule is CCCCCCC(C)(CCCCCC)OP(=O)(N=C(N1CCOCC1)N1CCOCC1)OC(C)(CCC)CCC. The highest BCUT2D eigenvalue weighted by Gasteiger charge is 2.43. The van der Waals surface area contributed by atoms with E-state index < -0.39 is 18.9 Å². The first-order chi connectivity index (χ1) is 19.2. The Labute approximate surface area is 246 Å². The van der Waals surface area contributed by atoms with Crippen molar-refractivity contribution in [3.63, 3.8) is 0 Å². The van der Waals surface area contributed by atoms with Gasteiger partial charge in [-0.05, 0) is 39.5 Å². The van der Waals surface area contributed by atoms with Crippen LogP contribution >= 0.6 is 7.75 Å². The third-order valence-corrected chi connectivity index (χ3v) is 9.91. The van der Waals surface area contributed by atoms with E-state index in [1.807, 2.05) is 0 Å². The second-order valence-corrected chi connectivity index (χ2v) is 13.8. The van der Waals surface area contributed by atoms with Gasteiger partial charge in [-0.15, -0.1) is 4.76 Å². The van der Waals surface area contributed by atoms with Gasteiger partial charge >= 0.3 is 7.75 Å². The van der Waals surface area contributed by atoms with E-state index in [0.717, 1.165) is 64.2 Å². The molecule has 0 aromatic heterocycles. The summed E-state index contributed by atoms with van der Waals surface area (Å²) >= 11 is 0. The first-order valence-electron chi connectivity index (χ1n) is 16.5. The molecule has 0 aromatic rings. The van der Waals surface area contributed by atoms with Crippen LogP contribution in [0.1, 0.15) is 131 Å². The van der Waals surface area contributed by atoms with Gasteiger partial charge in [0, 0.05) is 26.2 Å². The highest BCUT2D eigenvalue weighted by molar-refractivity contribution is 7.52. The molecule has 0 aliphatic carbocycles. The van der Waals surface area contributed by atoms with Gasteiger partial charge in [-0.25, -0.2) is 4.57 Å². The van der Waals surface area contributed by atoms with E-state index in [0.29, 0.717) is 58.6 Å². The molecule has 0 aromatic carbocycles. The predicted octanol–water partition coefficient (Wildman–Crippen LogP) is 8.21. The van der Waals surface area contributed by atoms with Crippen LogP contribution in [0.2, 0.25) is 0 Å². The number of hydrogen-bond acceptors (Lipinski definition) is 5. The normalized spacial score (nSPS) is 18.6. The maximum atomic E-state index is 15.1. The van der Waals surface area contributed by atoms with Crippen molar-refractivity contribution in [2.45, 2.75) is 143 Å². The molecule has 1 atom stereocenters. The summed E-state index contributed by atoms with van der Waals surface area (Å²) in [5.74, 6) is 0.713. The van der Waals surface area contributed by atoms with Gasteiger partial charge in [0.25, 0.3) is 0 Å². The lowest BCUT2D eigenvalue weighted by atomic mass is 9.92. The van der Waals surface area contributed by atoms with Crippen molar-refractivity contribution < 1.29 is 23.1 Å². The topological polar surface area (TPSA) is 72.8 Å². The maximum absolute atomic E-state index is 15.1. The predicted molar refractivity (Wildman–Crippen MR) is 166 cm³/mol. The fourth-order valence-electron chi connectivity index (χ4n) is 5.92. The number of ether oxygens (including phenoxy) is 2. The van der Waals surface area contributed by atoms with Gasteiger partial charge in [-0.2, -0.15) is 0 Å². The van der Waals surface area contributed by atoms with E-state index in [4.69, 9.17) is 23.3 Å². The summed E-state index contributed by atoms with van der Waals surface area (Å²) in [4.78, 5) is 4.40. The van der Waals surface area contributed by atoms with Gasteiger partial charge in [0.2, 0.25) is 5.96 Å². The minimum absolute atomic E-state index is 0.555. The van der Waals surface area contributed by atoms with Crippen LogP contribution in [0, 0.1) is 0 Å². The summed E-state index contributed by atoms with van der Waals surface area (Å²) in [5, 5.41) is 0. The summed E-state index contributed by atoms with van der Waals surface area (Å²) < 4.78 is 45.0. The molecule has 2 aliphatic rings. The Morgan fingerprint density at radius 3 is 1.43 bits per heavy atom. The largest absolute Gasteiger partial charge is 0.458 e. The minimum Gasteiger partial charge on any atom is -0.378 e. The quantitative estimate of drug-likeness (QED) is 0.0653. The molecule has 40 heavy (non-hydrogen) atoms. The lowest BCUT2D eigenvalue weighted by Gasteiger charge is -2.40. The Bertz CT molecular complexity index is 715. The van der Waals surface area contributed by atoms with E-state index in [2.05, 4.69) is 51.3 Å². The van der Waals surface area contributed by atoms with Crippen molar-refractivity contribution in [1.29, 1.82) is 0 Å². The van der Waals surface area contributed by atoms with Crippen LogP contribution < -0.4 is 0 Å². The smallest absolute Gasteiger partial charge is 0.378 e. The number of unbranched alkanes of at least 4 members (excludes halogenated alkanes) is 6. The molecule has 0 radical (unpaired) electrons. The average molecular weight is 588 g/mol. The second-order valence-electron chi connectivity index (χ2n) is 12.3. The van der Waals surface area contributed by atoms with Crippen molar-refractivity contribution in [3.05, 3.63) is 0 Å². The Balaban J connectivity index is 2.49. The van der Waals surface area contributed by atoms with Gasteiger partial charge in [0.15, 0.2) is 0 Å². The molecule has 1 unspecified atom stereocenters. The number of guanidine groups is 1. The highest BCUT2D eigenvalue weighted by Crippen LogP contribution is 2.59. The molecule has 9 heteroatoms. The molecule has 2 fully saturated rings. The van der Waals surface area contributed by atoms with Crippen molar-refractivity contribution in [2.24, 2.45) is 4.76 Å². The van der Waals surface area contributed by atoms with Gasteiger partial charge in [0.05, 0.1) is 37.6 Å². The third kappa shape index (κ3) is 12.7. The minimum atomic E-state index is -3.90. The maximum Gasteiger partial charge on any atom is 0.458 e. The zero-order valence-corrected chi connectivity index (χ0v) is 27.8. The first-order valence-corrected chi connectivity index (χ1v) is 18.0. The molecule has 0 amide bonds. The molecule has 2 heterocycles. The molecule has 2 rings (SSSR count). The molecule has 0 bridgehead atoms. The van der Waals surface area contributed by atoms with Crippen LogP contribution in [-0.2, 0) is 23.1 Å². The first kappa shape index (κ1) is 35.5. The molecule has 0 saturated carbocycles. The van der Waals surface area contributed by atoms with Crippen molar-refractivity contribution in [2.75, 3.05) is 52.6 Å². The Kier molecular flexibility index (Phi) is 16.7. The zero-order valence-electron chi connectivity index (χ0n) is 26.9. The van der Waals surface area contributed by atoms with Crippen molar-refractivity contribution in [1.82, 2.24) is 9.80 Å². The van der Waals surface area contributed by atoms with Gasteiger partial charge in [0.1, 0.15) is 0 Å². The lowest BCUT2D eigenvalue weighted by molar-refractivity contribution is -0.00289. The fourth-order valence-corrected chi connectivity index (χ4v) is 7.99. The number of rotatable bonds is 19. The summed E-state index contributed by atoms with van der Waals surface area (Å²) in [6.07, 6.45) is 14.5. The number of morpholine rings is 2. The Hall–Kier alpha value is -0.660. The van der Waals surface area contributed by atoms with Crippen molar-refractivity contribution in [3.8, 4) is 0 Å².